The Balaban J connectivity index is 1.96. The SMILES string of the molecule is CN(CC(=O)Nc1ccccc1OC(F)F)Cc1ccc(Cl)cc1Cl. The van der Waals surface area contributed by atoms with Crippen molar-refractivity contribution in [3.8, 4) is 5.75 Å². The number of alkyl halides is 2. The Labute approximate surface area is 154 Å². The summed E-state index contributed by atoms with van der Waals surface area (Å²) < 4.78 is 29.2. The molecule has 1 N–H and O–H groups in total. The first-order valence-electron chi connectivity index (χ1n) is 7.31. The molecule has 0 aliphatic carbocycles. The van der Waals surface area contributed by atoms with Gasteiger partial charge in [0.2, 0.25) is 5.91 Å². The summed E-state index contributed by atoms with van der Waals surface area (Å²) in [4.78, 5) is 13.9. The lowest BCUT2D eigenvalue weighted by Crippen LogP contribution is -2.30. The van der Waals surface area contributed by atoms with E-state index >= 15 is 0 Å². The van der Waals surface area contributed by atoms with Crippen LogP contribution in [0.4, 0.5) is 14.5 Å². The van der Waals surface area contributed by atoms with Gasteiger partial charge in [0.15, 0.2) is 0 Å². The van der Waals surface area contributed by atoms with Crippen molar-refractivity contribution in [2.45, 2.75) is 13.2 Å². The van der Waals surface area contributed by atoms with Crippen molar-refractivity contribution in [2.24, 2.45) is 0 Å². The molecule has 0 saturated carbocycles. The third-order valence-corrected chi connectivity index (χ3v) is 3.83. The number of nitrogens with zero attached hydrogens (tertiary/aromatic N) is 1. The number of ether oxygens (including phenoxy) is 1. The molecule has 1 amide bonds. The van der Waals surface area contributed by atoms with Gasteiger partial charge in [0.05, 0.1) is 12.2 Å². The highest BCUT2D eigenvalue weighted by Crippen LogP contribution is 2.25. The fraction of sp³-hybridized carbons (Fsp3) is 0.235. The molecule has 25 heavy (non-hydrogen) atoms. The van der Waals surface area contributed by atoms with Crippen LogP contribution in [0.2, 0.25) is 10.0 Å². The standard InChI is InChI=1S/C17H16Cl2F2N2O2/c1-23(9-11-6-7-12(18)8-13(11)19)10-16(24)22-14-4-2-3-5-15(14)25-17(20)21/h2-8,17H,9-10H2,1H3,(H,22,24). The number of para-hydroxylation sites is 2. The predicted octanol–water partition coefficient (Wildman–Crippen LogP) is 4.67. The van der Waals surface area contributed by atoms with Gasteiger partial charge in [-0.2, -0.15) is 8.78 Å². The zero-order valence-electron chi connectivity index (χ0n) is 13.3. The van der Waals surface area contributed by atoms with Gasteiger partial charge in [-0.15, -0.1) is 0 Å². The van der Waals surface area contributed by atoms with Crippen molar-refractivity contribution in [1.82, 2.24) is 4.90 Å². The Hall–Kier alpha value is -1.89. The van der Waals surface area contributed by atoms with E-state index in [4.69, 9.17) is 23.2 Å². The maximum absolute atomic E-state index is 12.4. The average Bonchev–Trinajstić information content (AvgIpc) is 2.51. The number of benzene rings is 2. The van der Waals surface area contributed by atoms with E-state index in [1.54, 1.807) is 42.3 Å². The Bertz CT molecular complexity index is 744. The summed E-state index contributed by atoms with van der Waals surface area (Å²) in [6.45, 7) is -2.49. The van der Waals surface area contributed by atoms with Gasteiger partial charge in [0.1, 0.15) is 5.75 Å². The zero-order valence-corrected chi connectivity index (χ0v) is 14.8. The first-order valence-corrected chi connectivity index (χ1v) is 8.07. The normalized spacial score (nSPS) is 11.0. The first-order chi connectivity index (χ1) is 11.8. The molecule has 0 aliphatic rings. The zero-order chi connectivity index (χ0) is 18.4. The van der Waals surface area contributed by atoms with Crippen LogP contribution in [0.15, 0.2) is 42.5 Å². The van der Waals surface area contributed by atoms with Crippen molar-refractivity contribution in [1.29, 1.82) is 0 Å². The van der Waals surface area contributed by atoms with Crippen molar-refractivity contribution < 1.29 is 18.3 Å². The van der Waals surface area contributed by atoms with Gasteiger partial charge in [-0.25, -0.2) is 0 Å². The van der Waals surface area contributed by atoms with Crippen LogP contribution in [0.1, 0.15) is 5.56 Å². The summed E-state index contributed by atoms with van der Waals surface area (Å²) in [5.41, 5.74) is 1.01. The molecule has 4 nitrogen and oxygen atoms in total. The minimum absolute atomic E-state index is 0.0436. The van der Waals surface area contributed by atoms with Gasteiger partial charge in [0, 0.05) is 16.6 Å². The molecular weight excluding hydrogens is 373 g/mol. The van der Waals surface area contributed by atoms with E-state index in [1.807, 2.05) is 0 Å². The molecule has 2 aromatic carbocycles. The molecule has 0 fully saturated rings. The van der Waals surface area contributed by atoms with Crippen molar-refractivity contribution in [3.05, 3.63) is 58.1 Å². The van der Waals surface area contributed by atoms with Gasteiger partial charge >= 0.3 is 6.61 Å². The number of hydrogen-bond donors (Lipinski definition) is 1. The molecule has 0 aliphatic heterocycles. The second-order valence-corrected chi connectivity index (χ2v) is 6.17. The molecule has 0 heterocycles. The predicted molar refractivity (Wildman–Crippen MR) is 94.5 cm³/mol. The van der Waals surface area contributed by atoms with Gasteiger partial charge in [-0.1, -0.05) is 41.4 Å². The van der Waals surface area contributed by atoms with Gasteiger partial charge in [-0.05, 0) is 36.9 Å². The monoisotopic (exact) mass is 388 g/mol. The quantitative estimate of drug-likeness (QED) is 0.749. The molecule has 0 spiro atoms. The lowest BCUT2D eigenvalue weighted by molar-refractivity contribution is -0.117. The second kappa shape index (κ2) is 8.99. The number of amides is 1. The number of likely N-dealkylation sites (N-methyl/N-ethyl adjacent to an activating group) is 1. The Morgan fingerprint density at radius 3 is 2.64 bits per heavy atom. The van der Waals surface area contributed by atoms with Gasteiger partial charge in [-0.3, -0.25) is 9.69 Å². The van der Waals surface area contributed by atoms with Crippen LogP contribution < -0.4 is 10.1 Å². The van der Waals surface area contributed by atoms with Crippen LogP contribution in [0.25, 0.3) is 0 Å². The smallest absolute Gasteiger partial charge is 0.387 e. The lowest BCUT2D eigenvalue weighted by Gasteiger charge is -2.18. The Kier molecular flexibility index (Phi) is 6.99. The van der Waals surface area contributed by atoms with E-state index in [9.17, 15) is 13.6 Å². The molecule has 8 heteroatoms. The molecule has 0 saturated heterocycles. The molecule has 2 aromatic rings. The van der Waals surface area contributed by atoms with Crippen molar-refractivity contribution in [2.75, 3.05) is 18.9 Å². The van der Waals surface area contributed by atoms with E-state index in [0.29, 0.717) is 16.6 Å². The van der Waals surface area contributed by atoms with E-state index < -0.39 is 6.61 Å². The number of halogens is 4. The fourth-order valence-electron chi connectivity index (χ4n) is 2.20. The molecule has 0 bridgehead atoms. The van der Waals surface area contributed by atoms with E-state index in [1.165, 1.54) is 12.1 Å². The number of carbonyl (C=O) groups is 1. The number of carbonyl (C=O) groups excluding carboxylic acids is 1. The van der Waals surface area contributed by atoms with Gasteiger partial charge < -0.3 is 10.1 Å². The molecular formula is C17H16Cl2F2N2O2. The number of rotatable bonds is 7. The Morgan fingerprint density at radius 1 is 1.24 bits per heavy atom. The van der Waals surface area contributed by atoms with Crippen LogP contribution in [-0.2, 0) is 11.3 Å². The Morgan fingerprint density at radius 2 is 1.96 bits per heavy atom. The van der Waals surface area contributed by atoms with E-state index in [0.717, 1.165) is 5.56 Å². The minimum Gasteiger partial charge on any atom is -0.433 e. The third kappa shape index (κ3) is 6.16. The highest BCUT2D eigenvalue weighted by atomic mass is 35.5. The van der Waals surface area contributed by atoms with Crippen LogP contribution in [0.3, 0.4) is 0 Å². The maximum Gasteiger partial charge on any atom is 0.387 e. The highest BCUT2D eigenvalue weighted by molar-refractivity contribution is 6.35. The highest BCUT2D eigenvalue weighted by Gasteiger charge is 2.13. The van der Waals surface area contributed by atoms with Crippen LogP contribution >= 0.6 is 23.2 Å². The molecule has 0 aromatic heterocycles. The molecule has 2 rings (SSSR count). The summed E-state index contributed by atoms with van der Waals surface area (Å²) in [6.07, 6.45) is 0. The van der Waals surface area contributed by atoms with E-state index in [-0.39, 0.29) is 23.9 Å². The second-order valence-electron chi connectivity index (χ2n) is 5.33. The third-order valence-electron chi connectivity index (χ3n) is 3.25. The van der Waals surface area contributed by atoms with E-state index in [2.05, 4.69) is 10.1 Å². The number of nitrogens with one attached hydrogen (secondary N) is 1. The summed E-state index contributed by atoms with van der Waals surface area (Å²) in [7, 11) is 1.74. The first kappa shape index (κ1) is 19.4. The summed E-state index contributed by atoms with van der Waals surface area (Å²) in [5.74, 6) is -0.452. The fourth-order valence-corrected chi connectivity index (χ4v) is 2.67. The largest absolute Gasteiger partial charge is 0.433 e. The summed E-state index contributed by atoms with van der Waals surface area (Å²) in [6, 6.07) is 11.1. The topological polar surface area (TPSA) is 41.6 Å². The molecule has 0 radical (unpaired) electrons. The molecule has 0 atom stereocenters. The van der Waals surface area contributed by atoms with Crippen LogP contribution in [-0.4, -0.2) is 31.0 Å². The van der Waals surface area contributed by atoms with Crippen LogP contribution in [0, 0.1) is 0 Å². The maximum atomic E-state index is 12.4. The minimum atomic E-state index is -2.97. The molecule has 134 valence electrons. The van der Waals surface area contributed by atoms with Crippen molar-refractivity contribution in [3.63, 3.8) is 0 Å². The average molecular weight is 389 g/mol. The van der Waals surface area contributed by atoms with Gasteiger partial charge in [0.25, 0.3) is 0 Å². The number of hydrogen-bond acceptors (Lipinski definition) is 3. The lowest BCUT2D eigenvalue weighted by atomic mass is 10.2. The van der Waals surface area contributed by atoms with Crippen molar-refractivity contribution >= 4 is 34.8 Å². The summed E-state index contributed by atoms with van der Waals surface area (Å²) >= 11 is 12.0. The molecule has 0 unspecified atom stereocenters. The summed E-state index contributed by atoms with van der Waals surface area (Å²) in [5, 5.41) is 3.61. The number of anilines is 1. The van der Waals surface area contributed by atoms with Crippen LogP contribution in [0.5, 0.6) is 5.75 Å².